The second-order valence-electron chi connectivity index (χ2n) is 2.39. The number of esters is 1. The number of carbonyl (C=O) groups is 1. The summed E-state index contributed by atoms with van der Waals surface area (Å²) in [5, 5.41) is 0. The molecule has 0 aliphatic heterocycles. The minimum absolute atomic E-state index is 0.0172. The second-order valence-corrected chi connectivity index (χ2v) is 2.39. The van der Waals surface area contributed by atoms with Gasteiger partial charge in [-0.05, 0) is 0 Å². The molecule has 0 spiro atoms. The second kappa shape index (κ2) is 3.73. The highest BCUT2D eigenvalue weighted by Gasteiger charge is 2.14. The van der Waals surface area contributed by atoms with E-state index in [2.05, 4.69) is 16.3 Å². The summed E-state index contributed by atoms with van der Waals surface area (Å²) in [4.78, 5) is 37.2. The predicted molar refractivity (Wildman–Crippen MR) is 49.1 cm³/mol. The summed E-state index contributed by atoms with van der Waals surface area (Å²) >= 11 is 0. The summed E-state index contributed by atoms with van der Waals surface area (Å²) < 4.78 is 4.38. The lowest BCUT2D eigenvalue weighted by atomic mass is 10.2. The van der Waals surface area contributed by atoms with E-state index in [1.807, 2.05) is 4.98 Å². The van der Waals surface area contributed by atoms with Crippen LogP contribution in [0.4, 0.5) is 0 Å². The van der Waals surface area contributed by atoms with Gasteiger partial charge in [-0.25, -0.2) is 9.59 Å². The zero-order valence-corrected chi connectivity index (χ0v) is 7.42. The molecule has 0 atom stereocenters. The van der Waals surface area contributed by atoms with Gasteiger partial charge in [-0.15, -0.1) is 0 Å². The van der Waals surface area contributed by atoms with Crippen molar-refractivity contribution in [2.24, 2.45) is 0 Å². The molecule has 2 N–H and O–H groups in total. The third-order valence-electron chi connectivity index (χ3n) is 1.57. The van der Waals surface area contributed by atoms with Gasteiger partial charge in [0.05, 0.1) is 12.7 Å². The van der Waals surface area contributed by atoms with Crippen LogP contribution in [0.25, 0.3) is 6.08 Å². The summed E-state index contributed by atoms with van der Waals surface area (Å²) in [7, 11) is 1.15. The molecule has 6 heteroatoms. The Morgan fingerprint density at radius 1 is 1.43 bits per heavy atom. The fraction of sp³-hybridized carbons (Fsp3) is 0.125. The van der Waals surface area contributed by atoms with Crippen LogP contribution in [-0.4, -0.2) is 23.0 Å². The quantitative estimate of drug-likeness (QED) is 0.623. The van der Waals surface area contributed by atoms with Crippen LogP contribution in [0.15, 0.2) is 16.2 Å². The zero-order chi connectivity index (χ0) is 10.7. The van der Waals surface area contributed by atoms with Crippen molar-refractivity contribution >= 4 is 12.0 Å². The first-order valence-corrected chi connectivity index (χ1v) is 3.67. The van der Waals surface area contributed by atoms with E-state index in [4.69, 9.17) is 0 Å². The normalized spacial score (nSPS) is 9.50. The molecule has 1 aromatic rings. The maximum atomic E-state index is 11.2. The highest BCUT2D eigenvalue weighted by molar-refractivity contribution is 5.90. The fourth-order valence-electron chi connectivity index (χ4n) is 0.954. The first-order chi connectivity index (χ1) is 6.60. The van der Waals surface area contributed by atoms with E-state index in [9.17, 15) is 14.4 Å². The standard InChI is InChI=1S/C8H8N2O4/c1-3-4-5(7(12)14-2)9-8(13)10-6(4)11/h3H,1H2,2H3,(H2,9,10,11,13). The smallest absolute Gasteiger partial charge is 0.355 e. The van der Waals surface area contributed by atoms with Crippen LogP contribution >= 0.6 is 0 Å². The van der Waals surface area contributed by atoms with Crippen molar-refractivity contribution in [1.29, 1.82) is 0 Å². The van der Waals surface area contributed by atoms with Gasteiger partial charge in [0.25, 0.3) is 5.56 Å². The van der Waals surface area contributed by atoms with Crippen molar-refractivity contribution in [1.82, 2.24) is 9.97 Å². The lowest BCUT2D eigenvalue weighted by molar-refractivity contribution is 0.0593. The Morgan fingerprint density at radius 3 is 2.57 bits per heavy atom. The number of carbonyl (C=O) groups excluding carboxylic acids is 1. The molecule has 74 valence electrons. The molecule has 0 bridgehead atoms. The topological polar surface area (TPSA) is 92.0 Å². The average molecular weight is 196 g/mol. The Hall–Kier alpha value is -2.11. The van der Waals surface area contributed by atoms with E-state index in [0.717, 1.165) is 7.11 Å². The number of hydrogen-bond donors (Lipinski definition) is 2. The molecule has 0 unspecified atom stereocenters. The highest BCUT2D eigenvalue weighted by Crippen LogP contribution is 2.00. The van der Waals surface area contributed by atoms with E-state index < -0.39 is 17.2 Å². The Kier molecular flexibility index (Phi) is 2.66. The van der Waals surface area contributed by atoms with E-state index in [1.165, 1.54) is 6.08 Å². The van der Waals surface area contributed by atoms with Crippen molar-refractivity contribution in [2.45, 2.75) is 0 Å². The lowest BCUT2D eigenvalue weighted by Gasteiger charge is -2.01. The largest absolute Gasteiger partial charge is 0.464 e. The zero-order valence-electron chi connectivity index (χ0n) is 7.42. The predicted octanol–water partition coefficient (Wildman–Crippen LogP) is -0.507. The van der Waals surface area contributed by atoms with Gasteiger partial charge in [0.2, 0.25) is 0 Å². The minimum atomic E-state index is -0.789. The molecule has 0 amide bonds. The van der Waals surface area contributed by atoms with Gasteiger partial charge < -0.3 is 9.72 Å². The number of ether oxygens (including phenoxy) is 1. The molecule has 0 radical (unpaired) electrons. The van der Waals surface area contributed by atoms with E-state index in [-0.39, 0.29) is 11.3 Å². The van der Waals surface area contributed by atoms with Crippen LogP contribution < -0.4 is 11.2 Å². The number of aromatic nitrogens is 2. The van der Waals surface area contributed by atoms with Crippen LogP contribution in [0.1, 0.15) is 16.1 Å². The van der Waals surface area contributed by atoms with Gasteiger partial charge in [-0.3, -0.25) is 9.78 Å². The summed E-state index contributed by atoms with van der Waals surface area (Å²) in [5.74, 6) is -0.789. The van der Waals surface area contributed by atoms with Crippen molar-refractivity contribution < 1.29 is 9.53 Å². The third-order valence-corrected chi connectivity index (χ3v) is 1.57. The van der Waals surface area contributed by atoms with Crippen molar-refractivity contribution in [3.05, 3.63) is 38.7 Å². The maximum absolute atomic E-state index is 11.2. The molecule has 6 nitrogen and oxygen atoms in total. The van der Waals surface area contributed by atoms with Gasteiger partial charge in [-0.1, -0.05) is 12.7 Å². The molecule has 0 aromatic carbocycles. The molecule has 0 aliphatic rings. The first-order valence-electron chi connectivity index (χ1n) is 3.67. The number of nitrogens with one attached hydrogen (secondary N) is 2. The minimum Gasteiger partial charge on any atom is -0.464 e. The summed E-state index contributed by atoms with van der Waals surface area (Å²) in [6.45, 7) is 3.35. The van der Waals surface area contributed by atoms with Gasteiger partial charge in [0.15, 0.2) is 0 Å². The monoisotopic (exact) mass is 196 g/mol. The van der Waals surface area contributed by atoms with Gasteiger partial charge in [-0.2, -0.15) is 0 Å². The first kappa shape index (κ1) is 9.97. The Labute approximate surface area is 78.2 Å². The van der Waals surface area contributed by atoms with Crippen molar-refractivity contribution in [3.63, 3.8) is 0 Å². The molecule has 14 heavy (non-hydrogen) atoms. The van der Waals surface area contributed by atoms with Crippen molar-refractivity contribution in [3.8, 4) is 0 Å². The molecular weight excluding hydrogens is 188 g/mol. The van der Waals surface area contributed by atoms with Crippen LogP contribution in [-0.2, 0) is 4.74 Å². The van der Waals surface area contributed by atoms with Gasteiger partial charge in [0.1, 0.15) is 5.69 Å². The molecular formula is C8H8N2O4. The SMILES string of the molecule is C=Cc1c(C(=O)OC)[nH]c(=O)[nH]c1=O. The third kappa shape index (κ3) is 1.63. The Balaban J connectivity index is 3.55. The fourth-order valence-corrected chi connectivity index (χ4v) is 0.954. The van der Waals surface area contributed by atoms with Crippen LogP contribution in [0.5, 0.6) is 0 Å². The summed E-state index contributed by atoms with van der Waals surface area (Å²) in [6.07, 6.45) is 1.17. The molecule has 1 aromatic heterocycles. The molecule has 0 fully saturated rings. The molecule has 0 saturated heterocycles. The number of rotatable bonds is 2. The van der Waals surface area contributed by atoms with Crippen LogP contribution in [0.3, 0.4) is 0 Å². The van der Waals surface area contributed by atoms with Crippen LogP contribution in [0, 0.1) is 0 Å². The Bertz CT molecular complexity index is 483. The Morgan fingerprint density at radius 2 is 2.07 bits per heavy atom. The molecule has 1 heterocycles. The maximum Gasteiger partial charge on any atom is 0.355 e. The molecule has 0 saturated carbocycles. The number of H-pyrrole nitrogens is 2. The van der Waals surface area contributed by atoms with E-state index in [1.54, 1.807) is 0 Å². The number of hydrogen-bond acceptors (Lipinski definition) is 4. The van der Waals surface area contributed by atoms with Crippen LogP contribution in [0.2, 0.25) is 0 Å². The summed E-state index contributed by atoms with van der Waals surface area (Å²) in [6, 6.07) is 0. The lowest BCUT2D eigenvalue weighted by Crippen LogP contribution is -2.28. The average Bonchev–Trinajstić information content (AvgIpc) is 2.15. The number of aromatic amines is 2. The van der Waals surface area contributed by atoms with Gasteiger partial charge >= 0.3 is 11.7 Å². The summed E-state index contributed by atoms with van der Waals surface area (Å²) in [5.41, 5.74) is -1.65. The van der Waals surface area contributed by atoms with Gasteiger partial charge in [0, 0.05) is 0 Å². The van der Waals surface area contributed by atoms with E-state index >= 15 is 0 Å². The van der Waals surface area contributed by atoms with Crippen molar-refractivity contribution in [2.75, 3.05) is 7.11 Å². The highest BCUT2D eigenvalue weighted by atomic mass is 16.5. The van der Waals surface area contributed by atoms with E-state index in [0.29, 0.717) is 0 Å². The molecule has 1 rings (SSSR count). The molecule has 0 aliphatic carbocycles. The number of methoxy groups -OCH3 is 1.